The number of hydrogen-bond acceptors (Lipinski definition) is 2. The molecule has 1 aliphatic carbocycles. The van der Waals surface area contributed by atoms with E-state index in [1.807, 2.05) is 0 Å². The van der Waals surface area contributed by atoms with E-state index in [2.05, 4.69) is 17.3 Å². The molecule has 0 radical (unpaired) electrons. The molecule has 2 rings (SSSR count). The van der Waals surface area contributed by atoms with Crippen LogP contribution in [0.1, 0.15) is 51.4 Å². The van der Waals surface area contributed by atoms with Gasteiger partial charge in [0.2, 0.25) is 0 Å². The molecule has 16 heavy (non-hydrogen) atoms. The zero-order valence-electron chi connectivity index (χ0n) is 10.9. The second-order valence-electron chi connectivity index (χ2n) is 5.72. The van der Waals surface area contributed by atoms with Crippen molar-refractivity contribution in [2.45, 2.75) is 57.4 Å². The monoisotopic (exact) mass is 224 g/mol. The minimum absolute atomic E-state index is 0.750. The van der Waals surface area contributed by atoms with Crippen LogP contribution < -0.4 is 5.32 Å². The highest BCUT2D eigenvalue weighted by molar-refractivity contribution is 4.77. The molecule has 2 aliphatic rings. The second-order valence-corrected chi connectivity index (χ2v) is 5.72. The predicted octanol–water partition coefficient (Wildman–Crippen LogP) is 2.64. The third-order valence-electron chi connectivity index (χ3n) is 4.49. The summed E-state index contributed by atoms with van der Waals surface area (Å²) in [4.78, 5) is 2.68. The Bertz CT molecular complexity index is 187. The summed E-state index contributed by atoms with van der Waals surface area (Å²) in [6.45, 7) is 3.97. The van der Waals surface area contributed by atoms with Crippen LogP contribution in [0.25, 0.3) is 0 Å². The third-order valence-corrected chi connectivity index (χ3v) is 4.49. The van der Waals surface area contributed by atoms with Crippen molar-refractivity contribution in [3.05, 3.63) is 0 Å². The third kappa shape index (κ3) is 3.74. The Kier molecular flexibility index (Phi) is 5.11. The number of hydrogen-bond donors (Lipinski definition) is 1. The maximum atomic E-state index is 3.43. The largest absolute Gasteiger partial charge is 0.316 e. The highest BCUT2D eigenvalue weighted by Gasteiger charge is 2.20. The lowest BCUT2D eigenvalue weighted by atomic mass is 9.87. The summed E-state index contributed by atoms with van der Waals surface area (Å²) in [7, 11) is 2.11. The van der Waals surface area contributed by atoms with Crippen molar-refractivity contribution in [3.8, 4) is 0 Å². The smallest absolute Gasteiger partial charge is 0.0192 e. The number of rotatable bonds is 4. The van der Waals surface area contributed by atoms with E-state index in [1.54, 1.807) is 0 Å². The molecule has 0 aromatic rings. The Morgan fingerprint density at radius 1 is 1.06 bits per heavy atom. The van der Waals surface area contributed by atoms with Crippen LogP contribution in [-0.4, -0.2) is 37.6 Å². The summed E-state index contributed by atoms with van der Waals surface area (Å²) in [6, 6.07) is 0.750. The summed E-state index contributed by atoms with van der Waals surface area (Å²) in [5.41, 5.74) is 0. The first kappa shape index (κ1) is 12.4. The Morgan fingerprint density at radius 2 is 1.88 bits per heavy atom. The molecule has 2 heteroatoms. The number of piperidine rings is 1. The molecule has 1 N–H and O–H groups in total. The molecule has 0 aromatic heterocycles. The van der Waals surface area contributed by atoms with Crippen molar-refractivity contribution < 1.29 is 0 Å². The summed E-state index contributed by atoms with van der Waals surface area (Å²) in [6.07, 6.45) is 11.7. The van der Waals surface area contributed by atoms with Gasteiger partial charge in [0.25, 0.3) is 0 Å². The first-order valence-electron chi connectivity index (χ1n) is 7.28. The lowest BCUT2D eigenvalue weighted by molar-refractivity contribution is 0.176. The van der Waals surface area contributed by atoms with Gasteiger partial charge in [0.1, 0.15) is 0 Å². The number of nitrogens with one attached hydrogen (secondary N) is 1. The van der Waals surface area contributed by atoms with Gasteiger partial charge in [-0.2, -0.15) is 0 Å². The van der Waals surface area contributed by atoms with E-state index >= 15 is 0 Å². The zero-order chi connectivity index (χ0) is 11.2. The van der Waals surface area contributed by atoms with Crippen LogP contribution in [0, 0.1) is 5.92 Å². The summed E-state index contributed by atoms with van der Waals surface area (Å²) < 4.78 is 0. The average Bonchev–Trinajstić information content (AvgIpc) is 2.38. The van der Waals surface area contributed by atoms with E-state index in [1.165, 1.54) is 71.0 Å². The molecular formula is C14H28N2. The minimum Gasteiger partial charge on any atom is -0.316 e. The quantitative estimate of drug-likeness (QED) is 0.790. The number of likely N-dealkylation sites (N-methyl/N-ethyl adjacent to an activating group) is 1. The molecular weight excluding hydrogens is 196 g/mol. The molecule has 2 nitrogen and oxygen atoms in total. The van der Waals surface area contributed by atoms with E-state index in [0.29, 0.717) is 0 Å². The maximum absolute atomic E-state index is 3.43. The Hall–Kier alpha value is -0.0800. The minimum atomic E-state index is 0.750. The maximum Gasteiger partial charge on any atom is 0.0192 e. The zero-order valence-corrected chi connectivity index (χ0v) is 10.9. The summed E-state index contributed by atoms with van der Waals surface area (Å²) >= 11 is 0. The van der Waals surface area contributed by atoms with Gasteiger partial charge in [-0.15, -0.1) is 0 Å². The van der Waals surface area contributed by atoms with Gasteiger partial charge in [0.15, 0.2) is 0 Å². The molecule has 0 aromatic carbocycles. The second kappa shape index (κ2) is 6.61. The summed E-state index contributed by atoms with van der Waals surface area (Å²) in [5.74, 6) is 1.05. The van der Waals surface area contributed by atoms with Gasteiger partial charge in [-0.05, 0) is 45.3 Å². The van der Waals surface area contributed by atoms with Crippen molar-refractivity contribution in [1.29, 1.82) is 0 Å². The van der Waals surface area contributed by atoms with E-state index in [4.69, 9.17) is 0 Å². The van der Waals surface area contributed by atoms with E-state index in [0.717, 1.165) is 12.0 Å². The van der Waals surface area contributed by atoms with Gasteiger partial charge in [0, 0.05) is 12.6 Å². The Balaban J connectivity index is 1.64. The normalized spacial score (nSPS) is 29.4. The van der Waals surface area contributed by atoms with Gasteiger partial charge in [-0.3, -0.25) is 0 Å². The molecule has 0 amide bonds. The lowest BCUT2D eigenvalue weighted by Gasteiger charge is -2.34. The highest BCUT2D eigenvalue weighted by Crippen LogP contribution is 2.26. The van der Waals surface area contributed by atoms with E-state index in [-0.39, 0.29) is 0 Å². The topological polar surface area (TPSA) is 15.3 Å². The fourth-order valence-electron chi connectivity index (χ4n) is 3.34. The molecule has 1 atom stereocenters. The van der Waals surface area contributed by atoms with Crippen molar-refractivity contribution in [2.24, 2.45) is 5.92 Å². The van der Waals surface area contributed by atoms with E-state index < -0.39 is 0 Å². The predicted molar refractivity (Wildman–Crippen MR) is 69.7 cm³/mol. The highest BCUT2D eigenvalue weighted by atomic mass is 15.2. The van der Waals surface area contributed by atoms with Crippen LogP contribution in [0.5, 0.6) is 0 Å². The standard InChI is InChI=1S/C14H28N2/c1-15-14-8-5-10-16(12-14)11-9-13-6-3-2-4-7-13/h13-15H,2-12H2,1H3. The first-order valence-corrected chi connectivity index (χ1v) is 7.28. The molecule has 1 saturated carbocycles. The Labute approximate surface area is 101 Å². The molecule has 0 spiro atoms. The van der Waals surface area contributed by atoms with Crippen molar-refractivity contribution in [2.75, 3.05) is 26.7 Å². The van der Waals surface area contributed by atoms with Crippen molar-refractivity contribution in [1.82, 2.24) is 10.2 Å². The van der Waals surface area contributed by atoms with Gasteiger partial charge in [0.05, 0.1) is 0 Å². The number of nitrogens with zero attached hydrogens (tertiary/aromatic N) is 1. The fraction of sp³-hybridized carbons (Fsp3) is 1.00. The SMILES string of the molecule is CNC1CCCN(CCC2CCCCC2)C1. The lowest BCUT2D eigenvalue weighted by Crippen LogP contribution is -2.44. The van der Waals surface area contributed by atoms with Crippen LogP contribution in [0.3, 0.4) is 0 Å². The van der Waals surface area contributed by atoms with Gasteiger partial charge in [-0.1, -0.05) is 32.1 Å². The van der Waals surface area contributed by atoms with Crippen LogP contribution >= 0.6 is 0 Å². The first-order chi connectivity index (χ1) is 7.88. The van der Waals surface area contributed by atoms with Gasteiger partial charge < -0.3 is 10.2 Å². The molecule has 1 aliphatic heterocycles. The van der Waals surface area contributed by atoms with Crippen LogP contribution in [0.15, 0.2) is 0 Å². The van der Waals surface area contributed by atoms with Crippen molar-refractivity contribution in [3.63, 3.8) is 0 Å². The van der Waals surface area contributed by atoms with Crippen molar-refractivity contribution >= 4 is 0 Å². The van der Waals surface area contributed by atoms with Gasteiger partial charge in [-0.25, -0.2) is 0 Å². The van der Waals surface area contributed by atoms with Crippen LogP contribution in [-0.2, 0) is 0 Å². The summed E-state index contributed by atoms with van der Waals surface area (Å²) in [5, 5.41) is 3.43. The molecule has 1 saturated heterocycles. The van der Waals surface area contributed by atoms with Gasteiger partial charge >= 0.3 is 0 Å². The molecule has 1 unspecified atom stereocenters. The molecule has 0 bridgehead atoms. The Morgan fingerprint density at radius 3 is 2.62 bits per heavy atom. The number of likely N-dealkylation sites (tertiary alicyclic amines) is 1. The van der Waals surface area contributed by atoms with E-state index in [9.17, 15) is 0 Å². The molecule has 1 heterocycles. The fourth-order valence-corrected chi connectivity index (χ4v) is 3.34. The van der Waals surface area contributed by atoms with Crippen LogP contribution in [0.4, 0.5) is 0 Å². The average molecular weight is 224 g/mol. The molecule has 94 valence electrons. The molecule has 2 fully saturated rings. The van der Waals surface area contributed by atoms with Crippen LogP contribution in [0.2, 0.25) is 0 Å².